The van der Waals surface area contributed by atoms with Gasteiger partial charge in [0.2, 0.25) is 0 Å². The van der Waals surface area contributed by atoms with E-state index in [0.29, 0.717) is 6.04 Å². The third kappa shape index (κ3) is 4.36. The zero-order chi connectivity index (χ0) is 13.5. The standard InChI is InChI=1S/C16H29N3/c1-3-16(17-4-2)15-8-13-19(14-15)12-7-11-18-9-5-6-10-18/h8,13-14,16-17H,3-7,9-12H2,1-2H3. The summed E-state index contributed by atoms with van der Waals surface area (Å²) in [5, 5.41) is 3.54. The van der Waals surface area contributed by atoms with Gasteiger partial charge in [-0.05, 0) is 63.5 Å². The van der Waals surface area contributed by atoms with E-state index in [4.69, 9.17) is 0 Å². The maximum atomic E-state index is 3.54. The molecule has 1 aromatic heterocycles. The van der Waals surface area contributed by atoms with E-state index in [1.54, 1.807) is 0 Å². The summed E-state index contributed by atoms with van der Waals surface area (Å²) in [4.78, 5) is 2.60. The second kappa shape index (κ2) is 7.71. The molecule has 19 heavy (non-hydrogen) atoms. The van der Waals surface area contributed by atoms with E-state index in [-0.39, 0.29) is 0 Å². The van der Waals surface area contributed by atoms with Crippen molar-refractivity contribution < 1.29 is 0 Å². The second-order valence-electron chi connectivity index (χ2n) is 5.60. The van der Waals surface area contributed by atoms with Gasteiger partial charge in [0.15, 0.2) is 0 Å². The summed E-state index contributed by atoms with van der Waals surface area (Å²) in [6.45, 7) is 10.5. The highest BCUT2D eigenvalue weighted by Crippen LogP contribution is 2.17. The molecular weight excluding hydrogens is 234 g/mol. The molecule has 1 aliphatic heterocycles. The summed E-state index contributed by atoms with van der Waals surface area (Å²) in [5.41, 5.74) is 1.44. The Morgan fingerprint density at radius 2 is 2.00 bits per heavy atom. The van der Waals surface area contributed by atoms with Crippen LogP contribution in [-0.2, 0) is 6.54 Å². The normalized spacial score (nSPS) is 18.0. The molecule has 3 nitrogen and oxygen atoms in total. The first-order chi connectivity index (χ1) is 9.33. The predicted molar refractivity (Wildman–Crippen MR) is 81.4 cm³/mol. The van der Waals surface area contributed by atoms with Gasteiger partial charge in [0, 0.05) is 25.0 Å². The molecule has 1 atom stereocenters. The zero-order valence-corrected chi connectivity index (χ0v) is 12.6. The molecule has 0 saturated carbocycles. The lowest BCUT2D eigenvalue weighted by Crippen LogP contribution is -2.21. The molecule has 0 radical (unpaired) electrons. The molecule has 108 valence electrons. The number of nitrogens with one attached hydrogen (secondary N) is 1. The lowest BCUT2D eigenvalue weighted by molar-refractivity contribution is 0.325. The van der Waals surface area contributed by atoms with E-state index < -0.39 is 0 Å². The highest BCUT2D eigenvalue weighted by Gasteiger charge is 2.11. The van der Waals surface area contributed by atoms with Crippen molar-refractivity contribution in [3.05, 3.63) is 24.0 Å². The molecule has 1 aromatic rings. The van der Waals surface area contributed by atoms with E-state index in [0.717, 1.165) is 19.5 Å². The molecule has 2 heterocycles. The van der Waals surface area contributed by atoms with Crippen LogP contribution in [0.25, 0.3) is 0 Å². The van der Waals surface area contributed by atoms with E-state index >= 15 is 0 Å². The molecular formula is C16H29N3. The monoisotopic (exact) mass is 263 g/mol. The van der Waals surface area contributed by atoms with Crippen LogP contribution in [0.1, 0.15) is 51.1 Å². The summed E-state index contributed by atoms with van der Waals surface area (Å²) in [5.74, 6) is 0. The van der Waals surface area contributed by atoms with Crippen molar-refractivity contribution in [3.8, 4) is 0 Å². The Labute approximate surface area is 118 Å². The third-order valence-corrected chi connectivity index (χ3v) is 4.12. The highest BCUT2D eigenvalue weighted by molar-refractivity contribution is 5.15. The van der Waals surface area contributed by atoms with Crippen LogP contribution in [0.15, 0.2) is 18.5 Å². The van der Waals surface area contributed by atoms with E-state index in [2.05, 4.69) is 47.1 Å². The summed E-state index contributed by atoms with van der Waals surface area (Å²) in [7, 11) is 0. The SMILES string of the molecule is CCNC(CC)c1ccn(CCCN2CCCC2)c1. The van der Waals surface area contributed by atoms with Crippen LogP contribution in [0.5, 0.6) is 0 Å². The van der Waals surface area contributed by atoms with Gasteiger partial charge in [0.05, 0.1) is 0 Å². The molecule has 1 N–H and O–H groups in total. The minimum atomic E-state index is 0.518. The van der Waals surface area contributed by atoms with Gasteiger partial charge in [-0.15, -0.1) is 0 Å². The predicted octanol–water partition coefficient (Wildman–Crippen LogP) is 3.03. The first kappa shape index (κ1) is 14.6. The van der Waals surface area contributed by atoms with Crippen molar-refractivity contribution in [3.63, 3.8) is 0 Å². The van der Waals surface area contributed by atoms with Crippen LogP contribution in [0.2, 0.25) is 0 Å². The summed E-state index contributed by atoms with van der Waals surface area (Å²) < 4.78 is 2.35. The van der Waals surface area contributed by atoms with Crippen LogP contribution in [0.4, 0.5) is 0 Å². The van der Waals surface area contributed by atoms with Gasteiger partial charge in [0.1, 0.15) is 0 Å². The van der Waals surface area contributed by atoms with E-state index in [1.807, 2.05) is 0 Å². The first-order valence-electron chi connectivity index (χ1n) is 7.95. The molecule has 0 aliphatic carbocycles. The lowest BCUT2D eigenvalue weighted by Gasteiger charge is -2.15. The van der Waals surface area contributed by atoms with Crippen molar-refractivity contribution in [2.75, 3.05) is 26.2 Å². The molecule has 1 unspecified atom stereocenters. The molecule has 0 spiro atoms. The van der Waals surface area contributed by atoms with E-state index in [9.17, 15) is 0 Å². The molecule has 0 amide bonds. The van der Waals surface area contributed by atoms with E-state index in [1.165, 1.54) is 44.5 Å². The van der Waals surface area contributed by atoms with Crippen LogP contribution in [0, 0.1) is 0 Å². The average molecular weight is 263 g/mol. The van der Waals surface area contributed by atoms with Crippen LogP contribution >= 0.6 is 0 Å². The largest absolute Gasteiger partial charge is 0.354 e. The smallest absolute Gasteiger partial charge is 0.0332 e. The fourth-order valence-corrected chi connectivity index (χ4v) is 3.03. The fourth-order valence-electron chi connectivity index (χ4n) is 3.03. The topological polar surface area (TPSA) is 20.2 Å². The summed E-state index contributed by atoms with van der Waals surface area (Å²) in [6, 6.07) is 2.79. The molecule has 0 aromatic carbocycles. The number of hydrogen-bond acceptors (Lipinski definition) is 2. The minimum absolute atomic E-state index is 0.518. The van der Waals surface area contributed by atoms with Gasteiger partial charge in [-0.25, -0.2) is 0 Å². The molecule has 0 bridgehead atoms. The van der Waals surface area contributed by atoms with Gasteiger partial charge >= 0.3 is 0 Å². The van der Waals surface area contributed by atoms with Crippen molar-refractivity contribution in [2.45, 2.75) is 52.1 Å². The summed E-state index contributed by atoms with van der Waals surface area (Å²) in [6.07, 6.45) is 9.78. The van der Waals surface area contributed by atoms with Gasteiger partial charge in [-0.3, -0.25) is 0 Å². The van der Waals surface area contributed by atoms with Gasteiger partial charge in [0.25, 0.3) is 0 Å². The highest BCUT2D eigenvalue weighted by atomic mass is 15.1. The van der Waals surface area contributed by atoms with Gasteiger partial charge < -0.3 is 14.8 Å². The van der Waals surface area contributed by atoms with Crippen LogP contribution in [0.3, 0.4) is 0 Å². The minimum Gasteiger partial charge on any atom is -0.354 e. The number of nitrogens with zero attached hydrogens (tertiary/aromatic N) is 2. The van der Waals surface area contributed by atoms with Crippen molar-refractivity contribution in [1.82, 2.24) is 14.8 Å². The Morgan fingerprint density at radius 3 is 2.68 bits per heavy atom. The number of hydrogen-bond donors (Lipinski definition) is 1. The first-order valence-corrected chi connectivity index (χ1v) is 7.95. The molecule has 1 fully saturated rings. The average Bonchev–Trinajstić information content (AvgIpc) is 3.07. The van der Waals surface area contributed by atoms with Crippen molar-refractivity contribution >= 4 is 0 Å². The Morgan fingerprint density at radius 1 is 1.21 bits per heavy atom. The number of rotatable bonds is 8. The maximum absolute atomic E-state index is 3.54. The van der Waals surface area contributed by atoms with Crippen molar-refractivity contribution in [2.24, 2.45) is 0 Å². The lowest BCUT2D eigenvalue weighted by atomic mass is 10.1. The third-order valence-electron chi connectivity index (χ3n) is 4.12. The van der Waals surface area contributed by atoms with Crippen LogP contribution < -0.4 is 5.32 Å². The second-order valence-corrected chi connectivity index (χ2v) is 5.60. The molecule has 1 saturated heterocycles. The molecule has 3 heteroatoms. The quantitative estimate of drug-likeness (QED) is 0.778. The fraction of sp³-hybridized carbons (Fsp3) is 0.750. The van der Waals surface area contributed by atoms with Crippen LogP contribution in [-0.4, -0.2) is 35.6 Å². The van der Waals surface area contributed by atoms with Gasteiger partial charge in [-0.2, -0.15) is 0 Å². The Balaban J connectivity index is 1.76. The summed E-state index contributed by atoms with van der Waals surface area (Å²) >= 11 is 0. The number of likely N-dealkylation sites (tertiary alicyclic amines) is 1. The zero-order valence-electron chi connectivity index (χ0n) is 12.6. The molecule has 1 aliphatic rings. The Kier molecular flexibility index (Phi) is 5.93. The van der Waals surface area contributed by atoms with Gasteiger partial charge in [-0.1, -0.05) is 13.8 Å². The Bertz CT molecular complexity index is 353. The number of aryl methyl sites for hydroxylation is 1. The Hall–Kier alpha value is -0.800. The van der Waals surface area contributed by atoms with Crippen molar-refractivity contribution in [1.29, 1.82) is 0 Å². The maximum Gasteiger partial charge on any atom is 0.0332 e. The number of aromatic nitrogens is 1. The molecule has 2 rings (SSSR count).